The van der Waals surface area contributed by atoms with E-state index in [1.807, 2.05) is 12.2 Å². The smallest absolute Gasteiger partial charge is 0.209 e. The maximum Gasteiger partial charge on any atom is 0.209 e. The Hall–Kier alpha value is -3.48. The van der Waals surface area contributed by atoms with Gasteiger partial charge in [-0.25, -0.2) is 0 Å². The second-order valence-electron chi connectivity index (χ2n) is 13.4. The van der Waals surface area contributed by atoms with Gasteiger partial charge in [0.15, 0.2) is 5.71 Å². The van der Waals surface area contributed by atoms with Crippen LogP contribution in [0.2, 0.25) is 0 Å². The van der Waals surface area contributed by atoms with Gasteiger partial charge in [-0.3, -0.25) is 4.79 Å². The number of aliphatic hydroxyl groups is 3. The first-order valence-corrected chi connectivity index (χ1v) is 16.4. The molecule has 3 aliphatic rings. The fraction of sp³-hybridized carbons (Fsp3) is 0.474. The molecule has 2 aromatic rings. The summed E-state index contributed by atoms with van der Waals surface area (Å²) in [4.78, 5) is 16.1. The van der Waals surface area contributed by atoms with Crippen LogP contribution in [0.3, 0.4) is 0 Å². The van der Waals surface area contributed by atoms with Crippen molar-refractivity contribution in [2.75, 3.05) is 31.2 Å². The molecule has 3 N–H and O–H groups in total. The molecule has 6 nitrogen and oxygen atoms in total. The summed E-state index contributed by atoms with van der Waals surface area (Å²) in [5.74, 6) is -0.0499. The number of aliphatic hydroxyl groups excluding tert-OH is 3. The molecule has 2 aromatic carbocycles. The average molecular weight is 598 g/mol. The topological polar surface area (TPSA) is 84.0 Å². The van der Waals surface area contributed by atoms with E-state index >= 15 is 0 Å². The Morgan fingerprint density at radius 2 is 1.36 bits per heavy atom. The standard InChI is InChI=1S/C38H48N2O4/c1-37(2)29-17-9-11-19-31(29)39(21-13-5-7-15-23-41)33(37)25-27-35(43)28(36(27)44)26-34-38(3,4)30-18-10-12-20-32(30)40(34)22-14-6-8-16-24-42/h9-12,17-20,25-26,41-42H,5-8,13-16,21-24H2,1-4H3/p+1. The SMILES string of the molecule is CC1(C)C(/C=C2/C(=O)C(/C=C3/N(CCCCCCO)c4ccccc4C3(C)C)=C2O)=[N+](CCCCCCO)c2ccccc21. The highest BCUT2D eigenvalue weighted by atomic mass is 16.3. The summed E-state index contributed by atoms with van der Waals surface area (Å²) in [6.45, 7) is 10.8. The highest BCUT2D eigenvalue weighted by Crippen LogP contribution is 2.49. The van der Waals surface area contributed by atoms with Gasteiger partial charge in [0.05, 0.1) is 16.6 Å². The van der Waals surface area contributed by atoms with E-state index in [1.165, 1.54) is 11.1 Å². The van der Waals surface area contributed by atoms with Gasteiger partial charge in [0.1, 0.15) is 12.3 Å². The number of Topliss-reactive ketones (excluding diaryl/α,β-unsaturated/α-hetero) is 1. The molecule has 0 aromatic heterocycles. The summed E-state index contributed by atoms with van der Waals surface area (Å²) in [6, 6.07) is 16.8. The molecule has 0 bridgehead atoms. The van der Waals surface area contributed by atoms with Crippen molar-refractivity contribution < 1.29 is 24.7 Å². The highest BCUT2D eigenvalue weighted by molar-refractivity contribution is 6.24. The van der Waals surface area contributed by atoms with Crippen molar-refractivity contribution in [3.05, 3.63) is 94.4 Å². The number of fused-ring (bicyclic) bond motifs is 2. The lowest BCUT2D eigenvalue weighted by Crippen LogP contribution is -2.32. The van der Waals surface area contributed by atoms with Gasteiger partial charge in [-0.2, -0.15) is 4.58 Å². The zero-order chi connectivity index (χ0) is 31.5. The van der Waals surface area contributed by atoms with E-state index in [4.69, 9.17) is 0 Å². The van der Waals surface area contributed by atoms with Crippen molar-refractivity contribution in [1.82, 2.24) is 0 Å². The van der Waals surface area contributed by atoms with Crippen molar-refractivity contribution >= 4 is 22.9 Å². The first kappa shape index (κ1) is 31.9. The minimum atomic E-state index is -0.314. The zero-order valence-electron chi connectivity index (χ0n) is 26.9. The van der Waals surface area contributed by atoms with Crippen LogP contribution in [0, 0.1) is 0 Å². The number of para-hydroxylation sites is 2. The maximum absolute atomic E-state index is 13.8. The van der Waals surface area contributed by atoms with Gasteiger partial charge in [-0.1, -0.05) is 69.5 Å². The number of anilines is 1. The predicted molar refractivity (Wildman–Crippen MR) is 178 cm³/mol. The monoisotopic (exact) mass is 597 g/mol. The van der Waals surface area contributed by atoms with Gasteiger partial charge in [0, 0.05) is 60.7 Å². The van der Waals surface area contributed by atoms with Gasteiger partial charge >= 0.3 is 0 Å². The summed E-state index contributed by atoms with van der Waals surface area (Å²) >= 11 is 0. The lowest BCUT2D eigenvalue weighted by Gasteiger charge is -2.29. The quantitative estimate of drug-likeness (QED) is 0.122. The molecule has 234 valence electrons. The lowest BCUT2D eigenvalue weighted by molar-refractivity contribution is -0.438. The molecule has 0 fully saturated rings. The largest absolute Gasteiger partial charge is 0.506 e. The molecular formula is C38H49N2O4+. The van der Waals surface area contributed by atoms with E-state index in [0.29, 0.717) is 11.1 Å². The van der Waals surface area contributed by atoms with Gasteiger partial charge in [0.25, 0.3) is 0 Å². The number of rotatable bonds is 14. The Morgan fingerprint density at radius 1 is 0.750 bits per heavy atom. The average Bonchev–Trinajstić information content (AvgIpc) is 3.36. The minimum Gasteiger partial charge on any atom is -0.506 e. The number of benzene rings is 2. The van der Waals surface area contributed by atoms with E-state index in [2.05, 4.69) is 85.7 Å². The Kier molecular flexibility index (Phi) is 9.62. The third-order valence-corrected chi connectivity index (χ3v) is 9.74. The summed E-state index contributed by atoms with van der Waals surface area (Å²) in [5, 5.41) is 29.7. The molecule has 2 aliphatic heterocycles. The molecule has 0 radical (unpaired) electrons. The second kappa shape index (κ2) is 13.3. The number of nitrogens with zero attached hydrogens (tertiary/aromatic N) is 2. The summed E-state index contributed by atoms with van der Waals surface area (Å²) < 4.78 is 2.31. The molecular weight excluding hydrogens is 548 g/mol. The van der Waals surface area contributed by atoms with Crippen LogP contribution in [-0.4, -0.2) is 57.7 Å². The van der Waals surface area contributed by atoms with E-state index < -0.39 is 0 Å². The van der Waals surface area contributed by atoms with E-state index in [-0.39, 0.29) is 35.6 Å². The Balaban J connectivity index is 1.48. The lowest BCUT2D eigenvalue weighted by atomic mass is 9.77. The summed E-state index contributed by atoms with van der Waals surface area (Å²) in [5.41, 5.74) is 6.94. The molecule has 0 saturated carbocycles. The van der Waals surface area contributed by atoms with Crippen LogP contribution in [0.1, 0.15) is 90.2 Å². The molecule has 0 amide bonds. The Labute approximate surface area is 262 Å². The summed E-state index contributed by atoms with van der Waals surface area (Å²) in [7, 11) is 0. The van der Waals surface area contributed by atoms with Crippen LogP contribution in [-0.2, 0) is 15.6 Å². The number of hydrogen-bond acceptors (Lipinski definition) is 5. The van der Waals surface area contributed by atoms with Crippen LogP contribution >= 0.6 is 0 Å². The molecule has 44 heavy (non-hydrogen) atoms. The highest BCUT2D eigenvalue weighted by Gasteiger charge is 2.47. The number of ketones is 1. The molecule has 1 aliphatic carbocycles. The number of unbranched alkanes of at least 4 members (excludes halogenated alkanes) is 6. The van der Waals surface area contributed by atoms with Gasteiger partial charge in [0.2, 0.25) is 11.5 Å². The van der Waals surface area contributed by atoms with Crippen molar-refractivity contribution in [3.8, 4) is 0 Å². The molecule has 0 atom stereocenters. The number of allylic oxidation sites excluding steroid dienone is 5. The first-order valence-electron chi connectivity index (χ1n) is 16.4. The number of carbonyl (C=O) groups excluding carboxylic acids is 1. The molecule has 6 heteroatoms. The van der Waals surface area contributed by atoms with Gasteiger partial charge in [-0.15, -0.1) is 0 Å². The van der Waals surface area contributed by atoms with Gasteiger partial charge < -0.3 is 20.2 Å². The fourth-order valence-corrected chi connectivity index (χ4v) is 7.14. The van der Waals surface area contributed by atoms with Gasteiger partial charge in [-0.05, 0) is 57.2 Å². The zero-order valence-corrected chi connectivity index (χ0v) is 26.9. The van der Waals surface area contributed by atoms with E-state index in [1.54, 1.807) is 0 Å². The van der Waals surface area contributed by atoms with E-state index in [9.17, 15) is 20.1 Å². The van der Waals surface area contributed by atoms with Crippen molar-refractivity contribution in [3.63, 3.8) is 0 Å². The predicted octanol–water partition coefficient (Wildman–Crippen LogP) is 7.17. The van der Waals surface area contributed by atoms with Crippen molar-refractivity contribution in [2.24, 2.45) is 0 Å². The van der Waals surface area contributed by atoms with Crippen molar-refractivity contribution in [1.29, 1.82) is 0 Å². The van der Waals surface area contributed by atoms with Crippen LogP contribution in [0.25, 0.3) is 0 Å². The molecule has 2 heterocycles. The molecule has 5 rings (SSSR count). The third-order valence-electron chi connectivity index (χ3n) is 9.74. The molecule has 0 unspecified atom stereocenters. The number of carbonyl (C=O) groups is 1. The van der Waals surface area contributed by atoms with Crippen LogP contribution in [0.5, 0.6) is 0 Å². The van der Waals surface area contributed by atoms with Crippen LogP contribution < -0.4 is 4.90 Å². The first-order chi connectivity index (χ1) is 21.1. The van der Waals surface area contributed by atoms with Crippen LogP contribution in [0.15, 0.2) is 83.3 Å². The second-order valence-corrected chi connectivity index (χ2v) is 13.4. The maximum atomic E-state index is 13.8. The normalized spacial score (nSPS) is 20.1. The molecule has 0 saturated heterocycles. The Bertz CT molecular complexity index is 1520. The fourth-order valence-electron chi connectivity index (χ4n) is 7.14. The third kappa shape index (κ3) is 5.82. The van der Waals surface area contributed by atoms with E-state index in [0.717, 1.165) is 87.2 Å². The summed E-state index contributed by atoms with van der Waals surface area (Å²) in [6.07, 6.45) is 11.5. The Morgan fingerprint density at radius 3 is 2.05 bits per heavy atom. The number of hydrogen-bond donors (Lipinski definition) is 3. The van der Waals surface area contributed by atoms with Crippen molar-refractivity contribution in [2.45, 2.75) is 89.9 Å². The van der Waals surface area contributed by atoms with Crippen LogP contribution in [0.4, 0.5) is 11.4 Å². The molecule has 0 spiro atoms. The minimum absolute atomic E-state index is 0.0688.